The highest BCUT2D eigenvalue weighted by molar-refractivity contribution is 14.1. The third-order valence-electron chi connectivity index (χ3n) is 2.46. The number of nitrogens with one attached hydrogen (secondary N) is 1. The van der Waals surface area contributed by atoms with Gasteiger partial charge in [0.05, 0.1) is 4.90 Å². The molecule has 2 aromatic carbocycles. The number of halogens is 2. The Hall–Kier alpha value is -0.990. The van der Waals surface area contributed by atoms with Crippen molar-refractivity contribution in [2.75, 3.05) is 0 Å². The molecule has 0 saturated heterocycles. The van der Waals surface area contributed by atoms with Gasteiger partial charge in [0.1, 0.15) is 5.82 Å². The van der Waals surface area contributed by atoms with E-state index in [1.807, 2.05) is 24.3 Å². The molecule has 100 valence electrons. The highest BCUT2D eigenvalue weighted by Crippen LogP contribution is 2.12. The van der Waals surface area contributed by atoms with E-state index in [9.17, 15) is 12.8 Å². The minimum atomic E-state index is -3.69. The summed E-state index contributed by atoms with van der Waals surface area (Å²) < 4.78 is 40.4. The maximum atomic E-state index is 13.0. The number of rotatable bonds is 4. The molecule has 0 heterocycles. The molecule has 6 heteroatoms. The van der Waals surface area contributed by atoms with Gasteiger partial charge in [-0.05, 0) is 58.5 Å². The lowest BCUT2D eigenvalue weighted by Crippen LogP contribution is -2.23. The van der Waals surface area contributed by atoms with Crippen LogP contribution >= 0.6 is 22.6 Å². The molecule has 1 N–H and O–H groups in total. The lowest BCUT2D eigenvalue weighted by Gasteiger charge is -2.07. The third-order valence-corrected chi connectivity index (χ3v) is 4.53. The van der Waals surface area contributed by atoms with Crippen LogP contribution in [0.2, 0.25) is 0 Å². The van der Waals surface area contributed by atoms with Crippen molar-refractivity contribution in [3.63, 3.8) is 0 Å². The summed E-state index contributed by atoms with van der Waals surface area (Å²) in [5.41, 5.74) is 0.854. The molecular weight excluding hydrogens is 380 g/mol. The first kappa shape index (κ1) is 14.4. The number of hydrogen-bond donors (Lipinski definition) is 1. The molecule has 0 radical (unpaired) electrons. The average Bonchev–Trinajstić information content (AvgIpc) is 2.37. The van der Waals surface area contributed by atoms with Crippen LogP contribution < -0.4 is 4.72 Å². The third kappa shape index (κ3) is 3.99. The van der Waals surface area contributed by atoms with Crippen LogP contribution in [-0.4, -0.2) is 8.42 Å². The van der Waals surface area contributed by atoms with E-state index in [1.165, 1.54) is 18.2 Å². The van der Waals surface area contributed by atoms with Crippen LogP contribution in [0, 0.1) is 9.39 Å². The molecule has 0 atom stereocenters. The van der Waals surface area contributed by atoms with Crippen molar-refractivity contribution < 1.29 is 12.8 Å². The van der Waals surface area contributed by atoms with Crippen LogP contribution in [0.15, 0.2) is 53.4 Å². The van der Waals surface area contributed by atoms with Gasteiger partial charge in [0, 0.05) is 10.1 Å². The summed E-state index contributed by atoms with van der Waals surface area (Å²) in [5, 5.41) is 0. The second-order valence-electron chi connectivity index (χ2n) is 3.91. The van der Waals surface area contributed by atoms with E-state index in [0.717, 1.165) is 15.2 Å². The highest BCUT2D eigenvalue weighted by atomic mass is 127. The maximum absolute atomic E-state index is 13.0. The fourth-order valence-electron chi connectivity index (χ4n) is 1.54. The van der Waals surface area contributed by atoms with Crippen molar-refractivity contribution in [2.24, 2.45) is 0 Å². The van der Waals surface area contributed by atoms with Gasteiger partial charge in [0.15, 0.2) is 0 Å². The fourth-order valence-corrected chi connectivity index (χ4v) is 3.20. The minimum Gasteiger partial charge on any atom is -0.207 e. The predicted molar refractivity (Wildman–Crippen MR) is 79.6 cm³/mol. The molecule has 0 fully saturated rings. The van der Waals surface area contributed by atoms with Crippen molar-refractivity contribution >= 4 is 32.6 Å². The Balaban J connectivity index is 2.14. The standard InChI is InChI=1S/C13H11FINO2S/c14-11-4-2-6-13(8-11)19(17,18)16-9-10-3-1-5-12(15)7-10/h1-8,16H,9H2. The lowest BCUT2D eigenvalue weighted by atomic mass is 10.2. The average molecular weight is 391 g/mol. The molecule has 19 heavy (non-hydrogen) atoms. The van der Waals surface area contributed by atoms with Gasteiger partial charge in [-0.2, -0.15) is 0 Å². The second-order valence-corrected chi connectivity index (χ2v) is 6.92. The van der Waals surface area contributed by atoms with Gasteiger partial charge in [-0.1, -0.05) is 18.2 Å². The van der Waals surface area contributed by atoms with Crippen LogP contribution in [0.1, 0.15) is 5.56 Å². The van der Waals surface area contributed by atoms with E-state index >= 15 is 0 Å². The Kier molecular flexibility index (Phi) is 4.54. The second kappa shape index (κ2) is 5.98. The zero-order valence-corrected chi connectivity index (χ0v) is 12.8. The Morgan fingerprint density at radius 2 is 1.84 bits per heavy atom. The van der Waals surface area contributed by atoms with Gasteiger partial charge in [-0.25, -0.2) is 17.5 Å². The van der Waals surface area contributed by atoms with Crippen LogP contribution in [0.3, 0.4) is 0 Å². The molecule has 0 aliphatic carbocycles. The van der Waals surface area contributed by atoms with Crippen molar-refractivity contribution in [3.05, 3.63) is 63.5 Å². The molecular formula is C13H11FINO2S. The molecule has 2 aromatic rings. The Bertz CT molecular complexity index is 689. The molecule has 0 aliphatic rings. The largest absolute Gasteiger partial charge is 0.240 e. The summed E-state index contributed by atoms with van der Waals surface area (Å²) in [4.78, 5) is -0.0712. The summed E-state index contributed by atoms with van der Waals surface area (Å²) in [5.74, 6) is -0.572. The van der Waals surface area contributed by atoms with Crippen molar-refractivity contribution in [2.45, 2.75) is 11.4 Å². The summed E-state index contributed by atoms with van der Waals surface area (Å²) in [6.07, 6.45) is 0. The Morgan fingerprint density at radius 1 is 1.11 bits per heavy atom. The molecule has 0 saturated carbocycles. The minimum absolute atomic E-state index is 0.0712. The topological polar surface area (TPSA) is 46.2 Å². The zero-order chi connectivity index (χ0) is 13.9. The van der Waals surface area contributed by atoms with Gasteiger partial charge >= 0.3 is 0 Å². The molecule has 0 unspecified atom stereocenters. The van der Waals surface area contributed by atoms with Crippen molar-refractivity contribution in [1.82, 2.24) is 4.72 Å². The normalized spacial score (nSPS) is 11.5. The molecule has 3 nitrogen and oxygen atoms in total. The smallest absolute Gasteiger partial charge is 0.207 e. The van der Waals surface area contributed by atoms with E-state index in [-0.39, 0.29) is 11.4 Å². The van der Waals surface area contributed by atoms with Crippen LogP contribution in [0.4, 0.5) is 4.39 Å². The lowest BCUT2D eigenvalue weighted by molar-refractivity contribution is 0.577. The van der Waals surface area contributed by atoms with Crippen LogP contribution in [-0.2, 0) is 16.6 Å². The summed E-state index contributed by atoms with van der Waals surface area (Å²) in [6, 6.07) is 12.4. The number of hydrogen-bond acceptors (Lipinski definition) is 2. The molecule has 0 spiro atoms. The monoisotopic (exact) mass is 391 g/mol. The van der Waals surface area contributed by atoms with Gasteiger partial charge in [-0.15, -0.1) is 0 Å². The summed E-state index contributed by atoms with van der Waals surface area (Å²) in [6.45, 7) is 0.176. The van der Waals surface area contributed by atoms with Crippen molar-refractivity contribution in [1.29, 1.82) is 0 Å². The molecule has 2 rings (SSSR count). The number of benzene rings is 2. The zero-order valence-electron chi connectivity index (χ0n) is 9.81. The van der Waals surface area contributed by atoms with E-state index in [1.54, 1.807) is 0 Å². The predicted octanol–water partition coefficient (Wildman–Crippen LogP) is 2.91. The summed E-state index contributed by atoms with van der Waals surface area (Å²) >= 11 is 2.16. The van der Waals surface area contributed by atoms with Crippen LogP contribution in [0.5, 0.6) is 0 Å². The SMILES string of the molecule is O=S(=O)(NCc1cccc(I)c1)c1cccc(F)c1. The maximum Gasteiger partial charge on any atom is 0.240 e. The first-order chi connectivity index (χ1) is 8.97. The fraction of sp³-hybridized carbons (Fsp3) is 0.0769. The summed E-state index contributed by atoms with van der Waals surface area (Å²) in [7, 11) is -3.69. The molecule has 0 amide bonds. The van der Waals surface area contributed by atoms with E-state index in [0.29, 0.717) is 0 Å². The van der Waals surface area contributed by atoms with Gasteiger partial charge in [0.2, 0.25) is 10.0 Å². The number of sulfonamides is 1. The molecule has 0 bridgehead atoms. The molecule has 0 aromatic heterocycles. The first-order valence-corrected chi connectivity index (χ1v) is 8.03. The molecule has 0 aliphatic heterocycles. The first-order valence-electron chi connectivity index (χ1n) is 5.47. The van der Waals surface area contributed by atoms with Gasteiger partial charge in [-0.3, -0.25) is 0 Å². The van der Waals surface area contributed by atoms with E-state index in [4.69, 9.17) is 0 Å². The van der Waals surface area contributed by atoms with Crippen molar-refractivity contribution in [3.8, 4) is 0 Å². The van der Waals surface area contributed by atoms with Crippen LogP contribution in [0.25, 0.3) is 0 Å². The highest BCUT2D eigenvalue weighted by Gasteiger charge is 2.14. The quantitative estimate of drug-likeness (QED) is 0.815. The van der Waals surface area contributed by atoms with E-state index < -0.39 is 15.8 Å². The Morgan fingerprint density at radius 3 is 2.53 bits per heavy atom. The van der Waals surface area contributed by atoms with E-state index in [2.05, 4.69) is 27.3 Å². The van der Waals surface area contributed by atoms with Gasteiger partial charge < -0.3 is 0 Å². The van der Waals surface area contributed by atoms with Gasteiger partial charge in [0.25, 0.3) is 0 Å². The Labute approximate surface area is 125 Å².